The van der Waals surface area contributed by atoms with E-state index in [1.54, 1.807) is 0 Å². The van der Waals surface area contributed by atoms with E-state index < -0.39 is 0 Å². The maximum absolute atomic E-state index is 5.03. The predicted octanol–water partition coefficient (Wildman–Crippen LogP) is 1.27. The molecule has 0 aliphatic rings. The van der Waals surface area contributed by atoms with Crippen LogP contribution in [0, 0.1) is 26.2 Å². The highest BCUT2D eigenvalue weighted by Gasteiger charge is 1.99. The second-order valence-corrected chi connectivity index (χ2v) is 1.80. The van der Waals surface area contributed by atoms with E-state index in [0.29, 0.717) is 5.89 Å². The Morgan fingerprint density at radius 3 is 2.44 bits per heavy atom. The van der Waals surface area contributed by atoms with Crippen LogP contribution < -0.4 is 0 Å². The van der Waals surface area contributed by atoms with E-state index >= 15 is 0 Å². The largest absolute Gasteiger partial charge is 0.435 e. The zero-order chi connectivity index (χ0) is 6.85. The van der Waals surface area contributed by atoms with Crippen LogP contribution in [0.3, 0.4) is 0 Å². The van der Waals surface area contributed by atoms with Crippen molar-refractivity contribution in [2.24, 2.45) is 0 Å². The van der Waals surface area contributed by atoms with Gasteiger partial charge in [-0.1, -0.05) is 0 Å². The second kappa shape index (κ2) is 1.94. The third-order valence-electron chi connectivity index (χ3n) is 1.15. The molecule has 46 valence electrons. The van der Waals surface area contributed by atoms with Crippen molar-refractivity contribution in [2.75, 3.05) is 0 Å². The molecule has 0 spiro atoms. The van der Waals surface area contributed by atoms with Crippen molar-refractivity contribution in [3.63, 3.8) is 0 Å². The van der Waals surface area contributed by atoms with Crippen molar-refractivity contribution in [3.8, 4) is 12.3 Å². The monoisotopic (exact) mass is 121 g/mol. The molecule has 1 heterocycles. The number of aryl methyl sites for hydroxylation is 2. The van der Waals surface area contributed by atoms with Gasteiger partial charge in [-0.25, -0.2) is 4.98 Å². The smallest absolute Gasteiger partial charge is 0.273 e. The number of nitrogens with zero attached hydrogens (tertiary/aromatic N) is 1. The summed E-state index contributed by atoms with van der Waals surface area (Å²) in [4.78, 5) is 3.93. The fourth-order valence-electron chi connectivity index (χ4n) is 0.534. The quantitative estimate of drug-likeness (QED) is 0.483. The number of hydrogen-bond donors (Lipinski definition) is 0. The van der Waals surface area contributed by atoms with Crippen LogP contribution in [0.25, 0.3) is 0 Å². The molecule has 1 aromatic heterocycles. The molecule has 0 atom stereocenters. The van der Waals surface area contributed by atoms with E-state index in [1.165, 1.54) is 0 Å². The molecule has 0 aliphatic carbocycles. The highest BCUT2D eigenvalue weighted by molar-refractivity contribution is 5.17. The third-order valence-corrected chi connectivity index (χ3v) is 1.15. The van der Waals surface area contributed by atoms with Gasteiger partial charge in [0, 0.05) is 0 Å². The van der Waals surface area contributed by atoms with E-state index in [4.69, 9.17) is 10.8 Å². The normalized spacial score (nSPS) is 9.00. The lowest BCUT2D eigenvalue weighted by atomic mass is 10.4. The van der Waals surface area contributed by atoms with Gasteiger partial charge in [0.1, 0.15) is 5.76 Å². The Hall–Kier alpha value is -1.23. The van der Waals surface area contributed by atoms with Crippen molar-refractivity contribution < 1.29 is 4.42 Å². The van der Waals surface area contributed by atoms with E-state index in [-0.39, 0.29) is 0 Å². The molecule has 2 nitrogen and oxygen atoms in total. The van der Waals surface area contributed by atoms with Crippen LogP contribution in [-0.2, 0) is 0 Å². The Labute approximate surface area is 53.9 Å². The van der Waals surface area contributed by atoms with E-state index in [2.05, 4.69) is 10.9 Å². The highest BCUT2D eigenvalue weighted by atomic mass is 16.4. The lowest BCUT2D eigenvalue weighted by Crippen LogP contribution is -1.72. The summed E-state index contributed by atoms with van der Waals surface area (Å²) in [6, 6.07) is 0. The Balaban J connectivity index is 3.16. The molecule has 9 heavy (non-hydrogen) atoms. The SMILES string of the molecule is C#Cc1nc(C)c(C)o1. The number of rotatable bonds is 0. The van der Waals surface area contributed by atoms with Gasteiger partial charge in [-0.15, -0.1) is 6.42 Å². The van der Waals surface area contributed by atoms with E-state index in [0.717, 1.165) is 11.5 Å². The molecule has 1 aromatic rings. The van der Waals surface area contributed by atoms with Crippen LogP contribution in [0.1, 0.15) is 17.3 Å². The highest BCUT2D eigenvalue weighted by Crippen LogP contribution is 2.05. The van der Waals surface area contributed by atoms with Gasteiger partial charge in [0.15, 0.2) is 0 Å². The van der Waals surface area contributed by atoms with Crippen molar-refractivity contribution in [3.05, 3.63) is 17.3 Å². The third kappa shape index (κ3) is 0.945. The average Bonchev–Trinajstić information content (AvgIpc) is 2.13. The van der Waals surface area contributed by atoms with Crippen molar-refractivity contribution in [1.29, 1.82) is 0 Å². The molecule has 0 saturated carbocycles. The number of terminal acetylenes is 1. The molecule has 0 aromatic carbocycles. The minimum atomic E-state index is 0.366. The Morgan fingerprint density at radius 2 is 2.22 bits per heavy atom. The second-order valence-electron chi connectivity index (χ2n) is 1.80. The summed E-state index contributed by atoms with van der Waals surface area (Å²) in [5.41, 5.74) is 0.864. The minimum absolute atomic E-state index is 0.366. The molecule has 0 aliphatic heterocycles. The fraction of sp³-hybridized carbons (Fsp3) is 0.286. The van der Waals surface area contributed by atoms with Gasteiger partial charge in [0.2, 0.25) is 0 Å². The first-order valence-corrected chi connectivity index (χ1v) is 2.64. The topological polar surface area (TPSA) is 26.0 Å². The van der Waals surface area contributed by atoms with Crippen LogP contribution in [0.4, 0.5) is 0 Å². The van der Waals surface area contributed by atoms with Gasteiger partial charge >= 0.3 is 0 Å². The number of aromatic nitrogens is 1. The zero-order valence-corrected chi connectivity index (χ0v) is 5.43. The molecule has 0 unspecified atom stereocenters. The Kier molecular flexibility index (Phi) is 1.27. The summed E-state index contributed by atoms with van der Waals surface area (Å²) in [6.45, 7) is 3.70. The number of oxazole rings is 1. The lowest BCUT2D eigenvalue weighted by molar-refractivity contribution is 0.513. The maximum Gasteiger partial charge on any atom is 0.273 e. The van der Waals surface area contributed by atoms with Crippen LogP contribution in [0.2, 0.25) is 0 Å². The molecule has 0 bridgehead atoms. The molecular formula is C7H7NO. The first-order valence-electron chi connectivity index (χ1n) is 2.64. The summed E-state index contributed by atoms with van der Waals surface area (Å²) >= 11 is 0. The predicted molar refractivity (Wildman–Crippen MR) is 33.9 cm³/mol. The van der Waals surface area contributed by atoms with Gasteiger partial charge in [0.25, 0.3) is 5.89 Å². The van der Waals surface area contributed by atoms with Gasteiger partial charge < -0.3 is 4.42 Å². The summed E-state index contributed by atoms with van der Waals surface area (Å²) in [6.07, 6.45) is 5.03. The van der Waals surface area contributed by atoms with Crippen molar-refractivity contribution in [1.82, 2.24) is 4.98 Å². The van der Waals surface area contributed by atoms with Crippen LogP contribution in [0.5, 0.6) is 0 Å². The zero-order valence-electron chi connectivity index (χ0n) is 5.43. The molecular weight excluding hydrogens is 114 g/mol. The summed E-state index contributed by atoms with van der Waals surface area (Å²) in [7, 11) is 0. The lowest BCUT2D eigenvalue weighted by Gasteiger charge is -1.76. The first kappa shape index (κ1) is 5.90. The molecule has 0 N–H and O–H groups in total. The standard InChI is InChI=1S/C7H7NO/c1-4-7-8-5(2)6(3)9-7/h1H,2-3H3. The molecule has 0 radical (unpaired) electrons. The molecule has 0 saturated heterocycles. The first-order chi connectivity index (χ1) is 4.24. The van der Waals surface area contributed by atoms with Crippen molar-refractivity contribution in [2.45, 2.75) is 13.8 Å². The maximum atomic E-state index is 5.03. The number of hydrogen-bond acceptors (Lipinski definition) is 2. The van der Waals surface area contributed by atoms with E-state index in [1.807, 2.05) is 13.8 Å². The van der Waals surface area contributed by atoms with Crippen LogP contribution in [0.15, 0.2) is 4.42 Å². The summed E-state index contributed by atoms with van der Waals surface area (Å²) < 4.78 is 5.02. The van der Waals surface area contributed by atoms with E-state index in [9.17, 15) is 0 Å². The Bertz CT molecular complexity index is 235. The Morgan fingerprint density at radius 1 is 1.56 bits per heavy atom. The fourth-order valence-corrected chi connectivity index (χ4v) is 0.534. The van der Waals surface area contributed by atoms with Gasteiger partial charge in [-0.2, -0.15) is 0 Å². The molecule has 0 amide bonds. The summed E-state index contributed by atoms with van der Waals surface area (Å²) in [5.74, 6) is 3.47. The van der Waals surface area contributed by atoms with Gasteiger partial charge in [0.05, 0.1) is 5.69 Å². The molecule has 1 rings (SSSR count). The summed E-state index contributed by atoms with van der Waals surface area (Å²) in [5, 5.41) is 0. The van der Waals surface area contributed by atoms with Gasteiger partial charge in [-0.3, -0.25) is 0 Å². The molecule has 0 fully saturated rings. The average molecular weight is 121 g/mol. The van der Waals surface area contributed by atoms with Crippen LogP contribution in [-0.4, -0.2) is 4.98 Å². The van der Waals surface area contributed by atoms with Crippen LogP contribution >= 0.6 is 0 Å². The van der Waals surface area contributed by atoms with Gasteiger partial charge in [-0.05, 0) is 19.8 Å². The van der Waals surface area contributed by atoms with Crippen molar-refractivity contribution >= 4 is 0 Å². The minimum Gasteiger partial charge on any atom is -0.435 e. The molecule has 2 heteroatoms.